The van der Waals surface area contributed by atoms with Crippen molar-refractivity contribution in [3.63, 3.8) is 0 Å². The highest BCUT2D eigenvalue weighted by Crippen LogP contribution is 2.39. The van der Waals surface area contributed by atoms with E-state index in [1.54, 1.807) is 11.3 Å². The molecule has 0 spiro atoms. The van der Waals surface area contributed by atoms with Crippen LogP contribution in [0.5, 0.6) is 0 Å². The summed E-state index contributed by atoms with van der Waals surface area (Å²) >= 11 is 1.76. The zero-order chi connectivity index (χ0) is 25.1. The van der Waals surface area contributed by atoms with Gasteiger partial charge in [0.2, 0.25) is 0 Å². The predicted molar refractivity (Wildman–Crippen MR) is 160 cm³/mol. The third-order valence-corrected chi connectivity index (χ3v) is 8.38. The van der Waals surface area contributed by atoms with E-state index in [-0.39, 0.29) is 0 Å². The molecule has 178 valence electrons. The van der Waals surface area contributed by atoms with E-state index in [1.807, 2.05) is 6.07 Å². The summed E-state index contributed by atoms with van der Waals surface area (Å²) in [6.45, 7) is 0. The molecule has 0 saturated heterocycles. The highest BCUT2D eigenvalue weighted by molar-refractivity contribution is 7.26. The maximum Gasteiger partial charge on any atom is 0.160 e. The molecule has 0 aliphatic carbocycles. The van der Waals surface area contributed by atoms with E-state index in [9.17, 15) is 0 Å². The van der Waals surface area contributed by atoms with Gasteiger partial charge in [-0.3, -0.25) is 0 Å². The van der Waals surface area contributed by atoms with Crippen LogP contribution in [0.2, 0.25) is 0 Å². The maximum atomic E-state index is 5.17. The number of rotatable bonds is 3. The lowest BCUT2D eigenvalue weighted by Crippen LogP contribution is -1.97. The molecule has 0 fully saturated rings. The van der Waals surface area contributed by atoms with Crippen molar-refractivity contribution in [1.82, 2.24) is 14.5 Å². The summed E-state index contributed by atoms with van der Waals surface area (Å²) in [4.78, 5) is 10.3. The molecule has 3 nitrogen and oxygen atoms in total. The van der Waals surface area contributed by atoms with Gasteiger partial charge in [-0.1, -0.05) is 97.1 Å². The number of hydrogen-bond donors (Lipinski definition) is 0. The van der Waals surface area contributed by atoms with Crippen molar-refractivity contribution in [2.75, 3.05) is 0 Å². The lowest BCUT2D eigenvalue weighted by molar-refractivity contribution is 1.17. The lowest BCUT2D eigenvalue weighted by atomic mass is 10.1. The van der Waals surface area contributed by atoms with Crippen molar-refractivity contribution in [2.24, 2.45) is 0 Å². The van der Waals surface area contributed by atoms with Crippen molar-refractivity contribution < 1.29 is 0 Å². The van der Waals surface area contributed by atoms with Crippen LogP contribution in [0.15, 0.2) is 127 Å². The zero-order valence-electron chi connectivity index (χ0n) is 20.4. The van der Waals surface area contributed by atoms with Crippen LogP contribution in [0.3, 0.4) is 0 Å². The summed E-state index contributed by atoms with van der Waals surface area (Å²) in [7, 11) is 0. The SMILES string of the molecule is c1ccc(-c2nc(-c3cccc(-n4c5ccccc5c5ccccc54)c3)nc3c2sc2ccccc23)cc1. The first kappa shape index (κ1) is 21.3. The summed E-state index contributed by atoms with van der Waals surface area (Å²) < 4.78 is 4.69. The van der Waals surface area contributed by atoms with Gasteiger partial charge in [0.15, 0.2) is 5.82 Å². The van der Waals surface area contributed by atoms with E-state index in [2.05, 4.69) is 126 Å². The quantitative estimate of drug-likeness (QED) is 0.240. The summed E-state index contributed by atoms with van der Waals surface area (Å²) in [5.41, 5.74) is 7.57. The molecule has 5 aromatic carbocycles. The summed E-state index contributed by atoms with van der Waals surface area (Å²) in [6, 6.07) is 44.7. The Labute approximate surface area is 223 Å². The van der Waals surface area contributed by atoms with Gasteiger partial charge >= 0.3 is 0 Å². The summed E-state index contributed by atoms with van der Waals surface area (Å²) in [5, 5.41) is 3.68. The Balaban J connectivity index is 1.39. The van der Waals surface area contributed by atoms with Gasteiger partial charge in [-0.25, -0.2) is 9.97 Å². The summed E-state index contributed by atoms with van der Waals surface area (Å²) in [5.74, 6) is 0.738. The predicted octanol–water partition coefficient (Wildman–Crippen LogP) is 9.28. The van der Waals surface area contributed by atoms with Gasteiger partial charge in [0.25, 0.3) is 0 Å². The van der Waals surface area contributed by atoms with Gasteiger partial charge in [-0.05, 0) is 30.3 Å². The van der Waals surface area contributed by atoms with Crippen LogP contribution in [0.4, 0.5) is 0 Å². The smallest absolute Gasteiger partial charge is 0.160 e. The molecular formula is C34H21N3S. The molecular weight excluding hydrogens is 482 g/mol. The average Bonchev–Trinajstić information content (AvgIpc) is 3.53. The molecule has 0 radical (unpaired) electrons. The molecule has 0 N–H and O–H groups in total. The number of benzene rings is 5. The lowest BCUT2D eigenvalue weighted by Gasteiger charge is -2.11. The van der Waals surface area contributed by atoms with E-state index in [4.69, 9.17) is 9.97 Å². The van der Waals surface area contributed by atoms with E-state index < -0.39 is 0 Å². The molecule has 0 aliphatic heterocycles. The minimum atomic E-state index is 0.738. The molecule has 0 aliphatic rings. The molecule has 38 heavy (non-hydrogen) atoms. The second kappa shape index (κ2) is 8.37. The fraction of sp³-hybridized carbons (Fsp3) is 0. The van der Waals surface area contributed by atoms with Gasteiger partial charge < -0.3 is 4.57 Å². The van der Waals surface area contributed by atoms with Crippen LogP contribution in [0, 0.1) is 0 Å². The minimum absolute atomic E-state index is 0.738. The topological polar surface area (TPSA) is 30.7 Å². The number of aromatic nitrogens is 3. The zero-order valence-corrected chi connectivity index (χ0v) is 21.2. The second-order valence-electron chi connectivity index (χ2n) is 9.46. The molecule has 4 heteroatoms. The van der Waals surface area contributed by atoms with E-state index in [0.717, 1.165) is 38.5 Å². The van der Waals surface area contributed by atoms with Crippen molar-refractivity contribution in [3.8, 4) is 28.3 Å². The largest absolute Gasteiger partial charge is 0.309 e. The highest BCUT2D eigenvalue weighted by Gasteiger charge is 2.17. The van der Waals surface area contributed by atoms with Crippen LogP contribution in [-0.2, 0) is 0 Å². The second-order valence-corrected chi connectivity index (χ2v) is 10.5. The number of para-hydroxylation sites is 2. The van der Waals surface area contributed by atoms with Crippen molar-refractivity contribution in [2.45, 2.75) is 0 Å². The highest BCUT2D eigenvalue weighted by atomic mass is 32.1. The third-order valence-electron chi connectivity index (χ3n) is 7.21. The fourth-order valence-corrected chi connectivity index (χ4v) is 6.65. The number of hydrogen-bond acceptors (Lipinski definition) is 3. The Hall–Kier alpha value is -4.80. The molecule has 8 aromatic rings. The Kier molecular flexibility index (Phi) is 4.69. The van der Waals surface area contributed by atoms with Crippen LogP contribution >= 0.6 is 11.3 Å². The van der Waals surface area contributed by atoms with Crippen LogP contribution < -0.4 is 0 Å². The van der Waals surface area contributed by atoms with Gasteiger partial charge in [-0.15, -0.1) is 11.3 Å². The first-order chi connectivity index (χ1) is 18.8. The van der Waals surface area contributed by atoms with Gasteiger partial charge in [0.05, 0.1) is 26.9 Å². The van der Waals surface area contributed by atoms with Crippen LogP contribution in [-0.4, -0.2) is 14.5 Å². The molecule has 3 heterocycles. The van der Waals surface area contributed by atoms with Gasteiger partial charge in [0, 0.05) is 37.7 Å². The fourth-order valence-electron chi connectivity index (χ4n) is 5.50. The van der Waals surface area contributed by atoms with E-state index >= 15 is 0 Å². The van der Waals surface area contributed by atoms with Gasteiger partial charge in [-0.2, -0.15) is 0 Å². The Morgan fingerprint density at radius 1 is 0.526 bits per heavy atom. The molecule has 0 bridgehead atoms. The Morgan fingerprint density at radius 2 is 1.16 bits per heavy atom. The van der Waals surface area contributed by atoms with Crippen molar-refractivity contribution in [3.05, 3.63) is 127 Å². The van der Waals surface area contributed by atoms with Crippen molar-refractivity contribution in [1.29, 1.82) is 0 Å². The standard InChI is InChI=1S/C34H21N3S/c1-2-11-22(12-3-1)31-33-32(27-17-6-9-20-30(27)38-33)36-34(35-31)23-13-10-14-24(21-23)37-28-18-7-4-15-25(28)26-16-5-8-19-29(26)37/h1-21H. The van der Waals surface area contributed by atoms with Crippen LogP contribution in [0.25, 0.3) is 70.4 Å². The van der Waals surface area contributed by atoms with Gasteiger partial charge in [0.1, 0.15) is 0 Å². The number of fused-ring (bicyclic) bond motifs is 6. The van der Waals surface area contributed by atoms with Crippen LogP contribution in [0.1, 0.15) is 0 Å². The monoisotopic (exact) mass is 503 g/mol. The third kappa shape index (κ3) is 3.21. The van der Waals surface area contributed by atoms with Crippen molar-refractivity contribution >= 4 is 53.4 Å². The van der Waals surface area contributed by atoms with E-state index in [1.165, 1.54) is 31.9 Å². The molecule has 3 aromatic heterocycles. The molecule has 0 unspecified atom stereocenters. The first-order valence-electron chi connectivity index (χ1n) is 12.7. The minimum Gasteiger partial charge on any atom is -0.309 e. The normalized spacial score (nSPS) is 11.7. The number of nitrogens with zero attached hydrogens (tertiary/aromatic N) is 3. The molecule has 0 atom stereocenters. The molecule has 0 saturated carbocycles. The molecule has 0 amide bonds. The molecule has 8 rings (SSSR count). The Bertz CT molecular complexity index is 2080. The number of thiophene rings is 1. The Morgan fingerprint density at radius 3 is 1.92 bits per heavy atom. The summed E-state index contributed by atoms with van der Waals surface area (Å²) in [6.07, 6.45) is 0. The first-order valence-corrected chi connectivity index (χ1v) is 13.5. The van der Waals surface area contributed by atoms with E-state index in [0.29, 0.717) is 0 Å². The average molecular weight is 504 g/mol. The maximum absolute atomic E-state index is 5.17.